The summed E-state index contributed by atoms with van der Waals surface area (Å²) in [6.07, 6.45) is 9.60. The fourth-order valence-corrected chi connectivity index (χ4v) is 2.56. The number of hydrogen-bond acceptors (Lipinski definition) is 2. The molecule has 104 valence electrons. The van der Waals surface area contributed by atoms with Crippen LogP contribution in [-0.4, -0.2) is 9.97 Å². The Bertz CT molecular complexity index is 916. The van der Waals surface area contributed by atoms with Crippen LogP contribution in [0.5, 0.6) is 0 Å². The fourth-order valence-electron chi connectivity index (χ4n) is 2.56. The molecule has 0 fully saturated rings. The van der Waals surface area contributed by atoms with Crippen LogP contribution in [-0.2, 0) is 0 Å². The molecule has 3 heterocycles. The number of fused-ring (bicyclic) bond motifs is 1. The van der Waals surface area contributed by atoms with E-state index in [0.717, 1.165) is 16.6 Å². The van der Waals surface area contributed by atoms with Gasteiger partial charge in [0.15, 0.2) is 12.4 Å². The van der Waals surface area contributed by atoms with Gasteiger partial charge in [-0.15, -0.1) is 0 Å². The summed E-state index contributed by atoms with van der Waals surface area (Å²) in [5, 5.41) is 1.14. The average Bonchev–Trinajstić information content (AvgIpc) is 2.62. The molecule has 0 amide bonds. The molecule has 0 saturated carbocycles. The first-order valence-electron chi connectivity index (χ1n) is 7.17. The number of pyridine rings is 3. The molecule has 0 saturated heterocycles. The Morgan fingerprint density at radius 2 is 1.50 bits per heavy atom. The maximum atomic E-state index is 4.35. The minimum absolute atomic E-state index is 1.01. The molecule has 0 N–H and O–H groups in total. The first-order chi connectivity index (χ1) is 10.9. The van der Waals surface area contributed by atoms with Crippen molar-refractivity contribution < 1.29 is 4.57 Å². The molecule has 0 atom stereocenters. The van der Waals surface area contributed by atoms with Gasteiger partial charge in [-0.25, -0.2) is 0 Å². The van der Waals surface area contributed by atoms with Gasteiger partial charge in [0.25, 0.3) is 0 Å². The molecule has 0 aliphatic rings. The third-order valence-electron chi connectivity index (χ3n) is 3.73. The number of hydrogen-bond donors (Lipinski definition) is 0. The van der Waals surface area contributed by atoms with E-state index in [9.17, 15) is 0 Å². The molecule has 4 aromatic rings. The number of nitrogens with zero attached hydrogens (tertiary/aromatic N) is 3. The van der Waals surface area contributed by atoms with E-state index in [1.165, 1.54) is 11.1 Å². The third-order valence-corrected chi connectivity index (χ3v) is 3.73. The van der Waals surface area contributed by atoms with Crippen LogP contribution in [0.4, 0.5) is 0 Å². The summed E-state index contributed by atoms with van der Waals surface area (Å²) in [7, 11) is 0. The molecule has 4 rings (SSSR count). The van der Waals surface area contributed by atoms with Gasteiger partial charge in [0.2, 0.25) is 5.69 Å². The maximum Gasteiger partial charge on any atom is 0.211 e. The van der Waals surface area contributed by atoms with E-state index in [-0.39, 0.29) is 0 Å². The van der Waals surface area contributed by atoms with Crippen molar-refractivity contribution >= 4 is 10.9 Å². The molecule has 0 spiro atoms. The standard InChI is InChI=1S/C19H14N3/c1-2-17-14-18(3-4-19(17)21-9-1)22-12-7-16(8-13-22)15-5-10-20-11-6-15/h1-14H/q+1. The number of aromatic nitrogens is 3. The van der Waals surface area contributed by atoms with Crippen molar-refractivity contribution in [3.05, 3.63) is 85.6 Å². The predicted molar refractivity (Wildman–Crippen MR) is 86.5 cm³/mol. The molecule has 0 radical (unpaired) electrons. The van der Waals surface area contributed by atoms with Gasteiger partial charge in [0.1, 0.15) is 0 Å². The van der Waals surface area contributed by atoms with Gasteiger partial charge in [0.05, 0.1) is 5.52 Å². The Hall–Kier alpha value is -3.07. The van der Waals surface area contributed by atoms with Crippen LogP contribution < -0.4 is 4.57 Å². The molecular weight excluding hydrogens is 270 g/mol. The summed E-state index contributed by atoms with van der Waals surface area (Å²) in [6.45, 7) is 0. The minimum atomic E-state index is 1.01. The van der Waals surface area contributed by atoms with Gasteiger partial charge in [0, 0.05) is 48.2 Å². The topological polar surface area (TPSA) is 29.7 Å². The van der Waals surface area contributed by atoms with Crippen molar-refractivity contribution in [2.75, 3.05) is 0 Å². The van der Waals surface area contributed by atoms with Crippen molar-refractivity contribution in [2.45, 2.75) is 0 Å². The Morgan fingerprint density at radius 1 is 0.727 bits per heavy atom. The van der Waals surface area contributed by atoms with Gasteiger partial charge in [-0.05, 0) is 35.4 Å². The van der Waals surface area contributed by atoms with Gasteiger partial charge in [-0.3, -0.25) is 9.97 Å². The Kier molecular flexibility index (Phi) is 3.09. The van der Waals surface area contributed by atoms with Crippen LogP contribution in [0.3, 0.4) is 0 Å². The van der Waals surface area contributed by atoms with Crippen molar-refractivity contribution in [2.24, 2.45) is 0 Å². The van der Waals surface area contributed by atoms with Gasteiger partial charge >= 0.3 is 0 Å². The zero-order chi connectivity index (χ0) is 14.8. The predicted octanol–water partition coefficient (Wildman–Crippen LogP) is 3.57. The molecule has 0 aliphatic heterocycles. The normalized spacial score (nSPS) is 10.7. The highest BCUT2D eigenvalue weighted by atomic mass is 14.9. The van der Waals surface area contributed by atoms with E-state index < -0.39 is 0 Å². The molecular formula is C19H14N3+. The van der Waals surface area contributed by atoms with E-state index in [4.69, 9.17) is 0 Å². The number of benzene rings is 1. The Labute approximate surface area is 128 Å². The summed E-state index contributed by atoms with van der Waals surface area (Å²) in [5.74, 6) is 0. The second-order valence-electron chi connectivity index (χ2n) is 5.11. The van der Waals surface area contributed by atoms with Crippen LogP contribution in [0.2, 0.25) is 0 Å². The molecule has 22 heavy (non-hydrogen) atoms. The fraction of sp³-hybridized carbons (Fsp3) is 0. The lowest BCUT2D eigenvalue weighted by molar-refractivity contribution is -0.595. The van der Waals surface area contributed by atoms with Crippen molar-refractivity contribution in [1.29, 1.82) is 0 Å². The lowest BCUT2D eigenvalue weighted by atomic mass is 10.1. The highest BCUT2D eigenvalue weighted by molar-refractivity contribution is 5.79. The SMILES string of the molecule is c1cnc2ccc(-[n+]3ccc(-c4ccncc4)cc3)cc2c1. The summed E-state index contributed by atoms with van der Waals surface area (Å²) < 4.78 is 2.11. The van der Waals surface area contributed by atoms with Crippen LogP contribution >= 0.6 is 0 Å². The Morgan fingerprint density at radius 3 is 2.32 bits per heavy atom. The molecule has 3 nitrogen and oxygen atoms in total. The van der Waals surface area contributed by atoms with Crippen LogP contribution in [0.25, 0.3) is 27.7 Å². The Balaban J connectivity index is 1.73. The zero-order valence-electron chi connectivity index (χ0n) is 11.9. The molecule has 3 aromatic heterocycles. The van der Waals surface area contributed by atoms with E-state index in [1.54, 1.807) is 0 Å². The lowest BCUT2D eigenvalue weighted by Gasteiger charge is -2.01. The summed E-state index contributed by atoms with van der Waals surface area (Å²) in [6, 6.07) is 18.6. The molecule has 0 unspecified atom stereocenters. The zero-order valence-corrected chi connectivity index (χ0v) is 11.9. The van der Waals surface area contributed by atoms with Gasteiger partial charge in [-0.2, -0.15) is 4.57 Å². The first kappa shape index (κ1) is 12.7. The molecule has 0 bridgehead atoms. The second-order valence-corrected chi connectivity index (χ2v) is 5.11. The van der Waals surface area contributed by atoms with E-state index in [0.29, 0.717) is 0 Å². The molecule has 0 aliphatic carbocycles. The summed E-state index contributed by atoms with van der Waals surface area (Å²) >= 11 is 0. The molecule has 1 aromatic carbocycles. The van der Waals surface area contributed by atoms with E-state index >= 15 is 0 Å². The maximum absolute atomic E-state index is 4.35. The highest BCUT2D eigenvalue weighted by Crippen LogP contribution is 2.17. The summed E-state index contributed by atoms with van der Waals surface area (Å²) in [5.41, 5.74) is 4.49. The quantitative estimate of drug-likeness (QED) is 0.527. The first-order valence-corrected chi connectivity index (χ1v) is 7.17. The third kappa shape index (κ3) is 2.33. The van der Waals surface area contributed by atoms with Crippen LogP contribution in [0.1, 0.15) is 0 Å². The average molecular weight is 284 g/mol. The molecule has 3 heteroatoms. The monoisotopic (exact) mass is 284 g/mol. The smallest absolute Gasteiger partial charge is 0.211 e. The van der Waals surface area contributed by atoms with Gasteiger partial charge in [-0.1, -0.05) is 6.07 Å². The number of rotatable bonds is 2. The van der Waals surface area contributed by atoms with E-state index in [1.807, 2.05) is 36.8 Å². The van der Waals surface area contributed by atoms with Crippen molar-refractivity contribution in [3.8, 4) is 16.8 Å². The second kappa shape index (κ2) is 5.37. The largest absolute Gasteiger partial charge is 0.265 e. The van der Waals surface area contributed by atoms with Gasteiger partial charge < -0.3 is 0 Å². The van der Waals surface area contributed by atoms with Crippen molar-refractivity contribution in [1.82, 2.24) is 9.97 Å². The minimum Gasteiger partial charge on any atom is -0.265 e. The van der Waals surface area contributed by atoms with Crippen molar-refractivity contribution in [3.63, 3.8) is 0 Å². The lowest BCUT2D eigenvalue weighted by Crippen LogP contribution is -2.29. The summed E-state index contributed by atoms with van der Waals surface area (Å²) in [4.78, 5) is 8.41. The van der Waals surface area contributed by atoms with E-state index in [2.05, 4.69) is 63.3 Å². The van der Waals surface area contributed by atoms with Crippen LogP contribution in [0.15, 0.2) is 85.6 Å². The highest BCUT2D eigenvalue weighted by Gasteiger charge is 2.07. The van der Waals surface area contributed by atoms with Crippen LogP contribution in [0, 0.1) is 0 Å².